The molecule has 3 aromatic rings. The van der Waals surface area contributed by atoms with Gasteiger partial charge in [0.25, 0.3) is 5.91 Å². The third-order valence-corrected chi connectivity index (χ3v) is 5.03. The Morgan fingerprint density at radius 2 is 2.15 bits per heavy atom. The highest BCUT2D eigenvalue weighted by atomic mass is 16.5. The number of rotatable bonds is 7. The van der Waals surface area contributed by atoms with Gasteiger partial charge in [0, 0.05) is 36.5 Å². The third kappa shape index (κ3) is 3.82. The van der Waals surface area contributed by atoms with Gasteiger partial charge in [-0.15, -0.1) is 0 Å². The Hall–Kier alpha value is -2.82. The quantitative estimate of drug-likeness (QED) is 0.580. The maximum Gasteiger partial charge on any atom is 0.290 e. The van der Waals surface area contributed by atoms with Crippen LogP contribution in [0.3, 0.4) is 0 Å². The van der Waals surface area contributed by atoms with Crippen molar-refractivity contribution in [2.24, 2.45) is 0 Å². The molecule has 5 heteroatoms. The number of methoxy groups -OCH3 is 1. The summed E-state index contributed by atoms with van der Waals surface area (Å²) in [7, 11) is 3.45. The molecule has 0 unspecified atom stereocenters. The van der Waals surface area contributed by atoms with Gasteiger partial charge in [0.05, 0.1) is 13.2 Å². The highest BCUT2D eigenvalue weighted by Crippen LogP contribution is 2.32. The molecular formula is C22H26N2O3. The molecule has 27 heavy (non-hydrogen) atoms. The number of amides is 1. The second-order valence-electron chi connectivity index (χ2n) is 6.78. The molecule has 0 N–H and O–H groups in total. The van der Waals surface area contributed by atoms with E-state index in [4.69, 9.17) is 9.15 Å². The maximum atomic E-state index is 13.2. The van der Waals surface area contributed by atoms with Gasteiger partial charge in [-0.1, -0.05) is 25.8 Å². The molecule has 2 heterocycles. The van der Waals surface area contributed by atoms with E-state index >= 15 is 0 Å². The van der Waals surface area contributed by atoms with E-state index in [1.165, 1.54) is 0 Å². The average Bonchev–Trinajstić information content (AvgIpc) is 3.04. The first-order valence-corrected chi connectivity index (χ1v) is 9.31. The van der Waals surface area contributed by atoms with Crippen molar-refractivity contribution in [1.29, 1.82) is 0 Å². The van der Waals surface area contributed by atoms with E-state index < -0.39 is 0 Å². The van der Waals surface area contributed by atoms with Gasteiger partial charge in [-0.2, -0.15) is 0 Å². The summed E-state index contributed by atoms with van der Waals surface area (Å²) in [6.07, 6.45) is 6.58. The van der Waals surface area contributed by atoms with Gasteiger partial charge in [-0.25, -0.2) is 0 Å². The summed E-state index contributed by atoms with van der Waals surface area (Å²) >= 11 is 0. The summed E-state index contributed by atoms with van der Waals surface area (Å²) in [6.45, 7) is 4.07. The summed E-state index contributed by atoms with van der Waals surface area (Å²) in [5, 5.41) is 0.930. The molecule has 142 valence electrons. The molecule has 0 aliphatic rings. The number of aryl methyl sites for hydroxylation is 1. The Morgan fingerprint density at radius 1 is 1.33 bits per heavy atom. The molecule has 3 rings (SSSR count). The number of furan rings is 1. The molecule has 1 aromatic carbocycles. The van der Waals surface area contributed by atoms with Crippen LogP contribution in [0.15, 0.2) is 47.1 Å². The number of aromatic nitrogens is 1. The maximum absolute atomic E-state index is 13.2. The van der Waals surface area contributed by atoms with Crippen LogP contribution in [0.5, 0.6) is 5.75 Å². The van der Waals surface area contributed by atoms with Gasteiger partial charge in [0.2, 0.25) is 0 Å². The van der Waals surface area contributed by atoms with Gasteiger partial charge in [-0.05, 0) is 37.1 Å². The predicted molar refractivity (Wildman–Crippen MR) is 106 cm³/mol. The van der Waals surface area contributed by atoms with Crippen LogP contribution in [0.25, 0.3) is 11.0 Å². The first-order valence-electron chi connectivity index (χ1n) is 9.31. The fourth-order valence-electron chi connectivity index (χ4n) is 3.39. The highest BCUT2D eigenvalue weighted by molar-refractivity contribution is 5.99. The van der Waals surface area contributed by atoms with E-state index in [9.17, 15) is 4.79 Å². The smallest absolute Gasteiger partial charge is 0.290 e. The second kappa shape index (κ2) is 8.25. The fourth-order valence-corrected chi connectivity index (χ4v) is 3.39. The monoisotopic (exact) mass is 366 g/mol. The Kier molecular flexibility index (Phi) is 5.79. The number of benzene rings is 1. The molecule has 0 spiro atoms. The number of carbonyl (C=O) groups is 1. The van der Waals surface area contributed by atoms with Crippen LogP contribution in [0, 0.1) is 6.92 Å². The van der Waals surface area contributed by atoms with Gasteiger partial charge < -0.3 is 14.1 Å². The average molecular weight is 366 g/mol. The zero-order chi connectivity index (χ0) is 19.4. The standard InChI is InChI=1S/C22H26N2O3/c1-5-6-9-19(16-8-7-12-23-14-16)24(3)22(25)21-15(2)18-11-10-17(26-4)13-20(18)27-21/h7-8,10-14,19H,5-6,9H2,1-4H3/t19-/m0/s1. The minimum absolute atomic E-state index is 0.0340. The predicted octanol–water partition coefficient (Wildman–Crippen LogP) is 5.15. The van der Waals surface area contributed by atoms with Gasteiger partial charge >= 0.3 is 0 Å². The number of carbonyl (C=O) groups excluding carboxylic acids is 1. The lowest BCUT2D eigenvalue weighted by Gasteiger charge is -2.28. The van der Waals surface area contributed by atoms with Crippen molar-refractivity contribution in [1.82, 2.24) is 9.88 Å². The summed E-state index contributed by atoms with van der Waals surface area (Å²) in [5.74, 6) is 0.971. The van der Waals surface area contributed by atoms with Crippen molar-refractivity contribution < 1.29 is 13.9 Å². The second-order valence-corrected chi connectivity index (χ2v) is 6.78. The number of unbranched alkanes of at least 4 members (excludes halogenated alkanes) is 1. The summed E-state index contributed by atoms with van der Waals surface area (Å²) < 4.78 is 11.2. The van der Waals surface area contributed by atoms with Gasteiger partial charge in [0.1, 0.15) is 11.3 Å². The van der Waals surface area contributed by atoms with Crippen LogP contribution in [0.2, 0.25) is 0 Å². The number of ether oxygens (including phenoxy) is 1. The van der Waals surface area contributed by atoms with Crippen molar-refractivity contribution in [3.63, 3.8) is 0 Å². The lowest BCUT2D eigenvalue weighted by atomic mass is 10.0. The van der Waals surface area contributed by atoms with Crippen LogP contribution >= 0.6 is 0 Å². The van der Waals surface area contributed by atoms with Crippen LogP contribution in [0.4, 0.5) is 0 Å². The number of hydrogen-bond donors (Lipinski definition) is 0. The SMILES string of the molecule is CCCC[C@@H](c1cccnc1)N(C)C(=O)c1oc2cc(OC)ccc2c1C. The van der Waals surface area contributed by atoms with E-state index in [-0.39, 0.29) is 11.9 Å². The van der Waals surface area contributed by atoms with E-state index in [1.54, 1.807) is 18.2 Å². The van der Waals surface area contributed by atoms with Gasteiger partial charge in [-0.3, -0.25) is 9.78 Å². The lowest BCUT2D eigenvalue weighted by molar-refractivity contribution is 0.0689. The van der Waals surface area contributed by atoms with Crippen LogP contribution in [-0.4, -0.2) is 29.9 Å². The first kappa shape index (κ1) is 19.0. The molecule has 0 radical (unpaired) electrons. The number of fused-ring (bicyclic) bond motifs is 1. The number of hydrogen-bond acceptors (Lipinski definition) is 4. The topological polar surface area (TPSA) is 55.6 Å². The molecule has 0 aliphatic heterocycles. The van der Waals surface area contributed by atoms with Gasteiger partial charge in [0.15, 0.2) is 5.76 Å². The molecule has 0 bridgehead atoms. The Balaban J connectivity index is 1.95. The minimum atomic E-state index is -0.118. The third-order valence-electron chi connectivity index (χ3n) is 5.03. The Morgan fingerprint density at radius 3 is 2.81 bits per heavy atom. The van der Waals surface area contributed by atoms with Crippen LogP contribution in [-0.2, 0) is 0 Å². The number of nitrogens with zero attached hydrogens (tertiary/aromatic N) is 2. The molecule has 0 saturated heterocycles. The van der Waals surface area contributed by atoms with Crippen LogP contribution in [0.1, 0.15) is 53.9 Å². The molecule has 0 aliphatic carbocycles. The van der Waals surface area contributed by atoms with E-state index in [0.717, 1.165) is 35.8 Å². The molecule has 2 aromatic heterocycles. The zero-order valence-corrected chi connectivity index (χ0v) is 16.4. The lowest BCUT2D eigenvalue weighted by Crippen LogP contribution is -2.31. The molecule has 0 saturated carbocycles. The van der Waals surface area contributed by atoms with Crippen molar-refractivity contribution in [3.8, 4) is 5.75 Å². The molecule has 5 nitrogen and oxygen atoms in total. The van der Waals surface area contributed by atoms with Crippen molar-refractivity contribution in [2.75, 3.05) is 14.2 Å². The van der Waals surface area contributed by atoms with E-state index in [1.807, 2.05) is 50.5 Å². The fraction of sp³-hybridized carbons (Fsp3) is 0.364. The molecule has 1 amide bonds. The highest BCUT2D eigenvalue weighted by Gasteiger charge is 2.27. The zero-order valence-electron chi connectivity index (χ0n) is 16.4. The largest absolute Gasteiger partial charge is 0.497 e. The van der Waals surface area contributed by atoms with Crippen LogP contribution < -0.4 is 4.74 Å². The molecule has 1 atom stereocenters. The summed E-state index contributed by atoms with van der Waals surface area (Å²) in [5.41, 5.74) is 2.55. The van der Waals surface area contributed by atoms with E-state index in [2.05, 4.69) is 11.9 Å². The van der Waals surface area contributed by atoms with Crippen molar-refractivity contribution in [2.45, 2.75) is 39.2 Å². The Labute approximate surface area is 160 Å². The summed E-state index contributed by atoms with van der Waals surface area (Å²) in [6, 6.07) is 9.52. The molecular weight excluding hydrogens is 340 g/mol. The summed E-state index contributed by atoms with van der Waals surface area (Å²) in [4.78, 5) is 19.2. The molecule has 0 fully saturated rings. The number of pyridine rings is 1. The van der Waals surface area contributed by atoms with Crippen molar-refractivity contribution >= 4 is 16.9 Å². The van der Waals surface area contributed by atoms with Crippen molar-refractivity contribution in [3.05, 3.63) is 59.6 Å². The first-order chi connectivity index (χ1) is 13.1. The minimum Gasteiger partial charge on any atom is -0.497 e. The van der Waals surface area contributed by atoms with E-state index in [0.29, 0.717) is 17.1 Å². The Bertz CT molecular complexity index is 918. The normalized spacial score (nSPS) is 12.1.